The van der Waals surface area contributed by atoms with Gasteiger partial charge < -0.3 is 24.8 Å². The van der Waals surface area contributed by atoms with Crippen molar-refractivity contribution in [3.63, 3.8) is 0 Å². The van der Waals surface area contributed by atoms with Crippen molar-refractivity contribution >= 4 is 22.8 Å². The van der Waals surface area contributed by atoms with Crippen molar-refractivity contribution in [2.75, 3.05) is 57.9 Å². The zero-order chi connectivity index (χ0) is 25.8. The minimum Gasteiger partial charge on any atom is -0.383 e. The van der Waals surface area contributed by atoms with Crippen LogP contribution in [0.15, 0.2) is 12.1 Å². The molecular formula is C28H43N7O2. The topological polar surface area (TPSA) is 86.7 Å². The molecule has 5 rings (SSSR count). The standard InChI is InChI=1S/C28H43N7O2/c1-20-7-6-8-23(19-37-3)35(20)25-10-9-24-26(32-25)21(2)29-27(31-24)28(36)30-22-11-15-34(16-12-22)18-17-33-13-4-5-14-33/h9-10,20,22-23H,4-8,11-19H2,1-3H3,(H,30,36). The summed E-state index contributed by atoms with van der Waals surface area (Å²) >= 11 is 0. The quantitative estimate of drug-likeness (QED) is 0.581. The number of carbonyl (C=O) groups excluding carboxylic acids is 1. The lowest BCUT2D eigenvalue weighted by atomic mass is 9.97. The Morgan fingerprint density at radius 1 is 0.973 bits per heavy atom. The Labute approximate surface area is 221 Å². The van der Waals surface area contributed by atoms with Crippen LogP contribution in [0.1, 0.15) is 68.2 Å². The number of piperidine rings is 2. The molecule has 1 N–H and O–H groups in total. The number of aromatic nitrogens is 3. The summed E-state index contributed by atoms with van der Waals surface area (Å²) in [6.07, 6.45) is 8.08. The highest BCUT2D eigenvalue weighted by atomic mass is 16.5. The van der Waals surface area contributed by atoms with Crippen molar-refractivity contribution in [1.29, 1.82) is 0 Å². The number of nitrogens with one attached hydrogen (secondary N) is 1. The molecule has 2 aromatic heterocycles. The van der Waals surface area contributed by atoms with Crippen LogP contribution in [0.2, 0.25) is 0 Å². The van der Waals surface area contributed by atoms with Crippen molar-refractivity contribution in [3.05, 3.63) is 23.7 Å². The minimum absolute atomic E-state index is 0.175. The van der Waals surface area contributed by atoms with Crippen LogP contribution in [0.5, 0.6) is 0 Å². The SMILES string of the molecule is COCC1CCCC(C)N1c1ccc2nc(C(=O)NC3CCN(CCN4CCCC4)CC3)nc(C)c2n1. The van der Waals surface area contributed by atoms with E-state index in [4.69, 9.17) is 9.72 Å². The number of carbonyl (C=O) groups is 1. The fourth-order valence-electron chi connectivity index (χ4n) is 6.29. The van der Waals surface area contributed by atoms with E-state index in [9.17, 15) is 4.79 Å². The summed E-state index contributed by atoms with van der Waals surface area (Å²) in [5, 5.41) is 3.19. The van der Waals surface area contributed by atoms with Crippen LogP contribution in [0.4, 0.5) is 5.82 Å². The van der Waals surface area contributed by atoms with Gasteiger partial charge in [-0.3, -0.25) is 4.79 Å². The number of fused-ring (bicyclic) bond motifs is 1. The van der Waals surface area contributed by atoms with Gasteiger partial charge in [-0.15, -0.1) is 0 Å². The molecule has 0 radical (unpaired) electrons. The third-order valence-corrected chi connectivity index (χ3v) is 8.41. The van der Waals surface area contributed by atoms with Crippen LogP contribution in [0, 0.1) is 6.92 Å². The van der Waals surface area contributed by atoms with Gasteiger partial charge in [0, 0.05) is 45.4 Å². The van der Waals surface area contributed by atoms with E-state index in [0.29, 0.717) is 24.2 Å². The molecule has 3 fully saturated rings. The smallest absolute Gasteiger partial charge is 0.289 e. The molecule has 37 heavy (non-hydrogen) atoms. The number of hydrogen-bond acceptors (Lipinski definition) is 8. The van der Waals surface area contributed by atoms with Crippen molar-refractivity contribution in [3.8, 4) is 0 Å². The molecule has 9 nitrogen and oxygen atoms in total. The zero-order valence-electron chi connectivity index (χ0n) is 22.8. The second-order valence-corrected chi connectivity index (χ2v) is 11.1. The summed E-state index contributed by atoms with van der Waals surface area (Å²) in [6.45, 7) is 11.7. The molecule has 0 saturated carbocycles. The van der Waals surface area contributed by atoms with E-state index in [0.717, 1.165) is 62.3 Å². The first kappa shape index (κ1) is 26.3. The predicted octanol–water partition coefficient (Wildman–Crippen LogP) is 3.02. The molecule has 3 aliphatic heterocycles. The van der Waals surface area contributed by atoms with E-state index in [-0.39, 0.29) is 17.8 Å². The van der Waals surface area contributed by atoms with Gasteiger partial charge in [0.15, 0.2) is 0 Å². The summed E-state index contributed by atoms with van der Waals surface area (Å²) in [7, 11) is 1.76. The molecule has 5 heterocycles. The first-order chi connectivity index (χ1) is 18.0. The lowest BCUT2D eigenvalue weighted by Crippen LogP contribution is -2.48. The second-order valence-electron chi connectivity index (χ2n) is 11.1. The number of anilines is 1. The molecule has 3 aliphatic rings. The third-order valence-electron chi connectivity index (χ3n) is 8.41. The van der Waals surface area contributed by atoms with Gasteiger partial charge in [-0.1, -0.05) is 0 Å². The Kier molecular flexibility index (Phi) is 8.52. The highest BCUT2D eigenvalue weighted by Gasteiger charge is 2.29. The Bertz CT molecular complexity index is 1060. The van der Waals surface area contributed by atoms with E-state index in [1.54, 1.807) is 7.11 Å². The average molecular weight is 510 g/mol. The van der Waals surface area contributed by atoms with Gasteiger partial charge in [0.2, 0.25) is 5.82 Å². The Morgan fingerprint density at radius 2 is 1.70 bits per heavy atom. The van der Waals surface area contributed by atoms with Crippen molar-refractivity contribution < 1.29 is 9.53 Å². The normalized spacial score (nSPS) is 24.1. The number of nitrogens with zero attached hydrogens (tertiary/aromatic N) is 6. The maximum absolute atomic E-state index is 13.1. The van der Waals surface area contributed by atoms with Crippen LogP contribution in [0.25, 0.3) is 11.0 Å². The highest BCUT2D eigenvalue weighted by Crippen LogP contribution is 2.29. The molecule has 0 bridgehead atoms. The van der Waals surface area contributed by atoms with E-state index in [1.807, 2.05) is 19.1 Å². The predicted molar refractivity (Wildman–Crippen MR) is 146 cm³/mol. The molecule has 0 spiro atoms. The number of likely N-dealkylation sites (tertiary alicyclic amines) is 2. The monoisotopic (exact) mass is 509 g/mol. The summed E-state index contributed by atoms with van der Waals surface area (Å²) in [5.41, 5.74) is 2.21. The lowest BCUT2D eigenvalue weighted by molar-refractivity contribution is 0.0897. The third kappa shape index (κ3) is 6.21. The lowest BCUT2D eigenvalue weighted by Gasteiger charge is -2.41. The number of methoxy groups -OCH3 is 1. The van der Waals surface area contributed by atoms with Crippen LogP contribution < -0.4 is 10.2 Å². The Morgan fingerprint density at radius 3 is 2.43 bits per heavy atom. The summed E-state index contributed by atoms with van der Waals surface area (Å²) < 4.78 is 5.49. The number of ether oxygens (including phenoxy) is 1. The van der Waals surface area contributed by atoms with Crippen molar-refractivity contribution in [2.24, 2.45) is 0 Å². The zero-order valence-corrected chi connectivity index (χ0v) is 22.8. The molecule has 2 aromatic rings. The number of rotatable bonds is 8. The fourth-order valence-corrected chi connectivity index (χ4v) is 6.29. The molecule has 0 aromatic carbocycles. The van der Waals surface area contributed by atoms with Crippen molar-refractivity contribution in [1.82, 2.24) is 30.1 Å². The van der Waals surface area contributed by atoms with Crippen molar-refractivity contribution in [2.45, 2.75) is 76.9 Å². The van der Waals surface area contributed by atoms with Gasteiger partial charge in [0.25, 0.3) is 5.91 Å². The molecule has 0 aliphatic carbocycles. The maximum atomic E-state index is 13.1. The Hall–Kier alpha value is -2.36. The summed E-state index contributed by atoms with van der Waals surface area (Å²) in [5.74, 6) is 0.983. The van der Waals surface area contributed by atoms with Crippen LogP contribution in [0.3, 0.4) is 0 Å². The maximum Gasteiger partial charge on any atom is 0.289 e. The van der Waals surface area contributed by atoms with Gasteiger partial charge in [0.05, 0.1) is 23.9 Å². The average Bonchev–Trinajstić information content (AvgIpc) is 3.42. The van der Waals surface area contributed by atoms with Crippen LogP contribution >= 0.6 is 0 Å². The first-order valence-electron chi connectivity index (χ1n) is 14.2. The Balaban J connectivity index is 1.21. The van der Waals surface area contributed by atoms with E-state index in [1.165, 1.54) is 38.9 Å². The van der Waals surface area contributed by atoms with Gasteiger partial charge >= 0.3 is 0 Å². The number of aryl methyl sites for hydroxylation is 1. The molecule has 2 unspecified atom stereocenters. The molecule has 9 heteroatoms. The van der Waals surface area contributed by atoms with E-state index in [2.05, 4.69) is 36.9 Å². The number of pyridine rings is 1. The largest absolute Gasteiger partial charge is 0.383 e. The van der Waals surface area contributed by atoms with Gasteiger partial charge in [-0.2, -0.15) is 0 Å². The number of hydrogen-bond donors (Lipinski definition) is 1. The van der Waals surface area contributed by atoms with Crippen LogP contribution in [-0.4, -0.2) is 102 Å². The van der Waals surface area contributed by atoms with Crippen LogP contribution in [-0.2, 0) is 4.74 Å². The summed E-state index contributed by atoms with van der Waals surface area (Å²) in [6, 6.07) is 4.90. The molecule has 2 atom stereocenters. The van der Waals surface area contributed by atoms with Gasteiger partial charge in [-0.05, 0) is 84.0 Å². The molecular weight excluding hydrogens is 466 g/mol. The van der Waals surface area contributed by atoms with E-state index >= 15 is 0 Å². The minimum atomic E-state index is -0.186. The highest BCUT2D eigenvalue weighted by molar-refractivity contribution is 5.93. The van der Waals surface area contributed by atoms with E-state index < -0.39 is 0 Å². The second kappa shape index (κ2) is 12.0. The molecule has 202 valence electrons. The first-order valence-corrected chi connectivity index (χ1v) is 14.2. The number of amides is 1. The van der Waals surface area contributed by atoms with Gasteiger partial charge in [-0.25, -0.2) is 15.0 Å². The summed E-state index contributed by atoms with van der Waals surface area (Å²) in [4.78, 5) is 34.7. The molecule has 3 saturated heterocycles. The fraction of sp³-hybridized carbons (Fsp3) is 0.714. The van der Waals surface area contributed by atoms with Gasteiger partial charge in [0.1, 0.15) is 11.3 Å². The molecule has 1 amide bonds.